The maximum Gasteiger partial charge on any atom is 0.416 e. The zero-order valence-corrected chi connectivity index (χ0v) is 15.7. The third kappa shape index (κ3) is 3.73. The van der Waals surface area contributed by atoms with Crippen molar-refractivity contribution >= 4 is 21.0 Å². The number of alkyl halides is 3. The first-order valence-corrected chi connectivity index (χ1v) is 10.1. The molecule has 1 aliphatic rings. The predicted molar refractivity (Wildman–Crippen MR) is 96.2 cm³/mol. The van der Waals surface area contributed by atoms with Gasteiger partial charge in [0.1, 0.15) is 16.5 Å². The molecule has 2 aromatic carbocycles. The third-order valence-corrected chi connectivity index (χ3v) is 5.63. The molecule has 8 heteroatoms. The molecule has 0 bridgehead atoms. The van der Waals surface area contributed by atoms with E-state index in [1.54, 1.807) is 12.2 Å². The molecular weight excluding hydrogens is 399 g/mol. The Labute approximate surface area is 158 Å². The van der Waals surface area contributed by atoms with Gasteiger partial charge in [-0.25, -0.2) is 17.2 Å². The average molecular weight is 414 g/mol. The molecule has 0 fully saturated rings. The van der Waals surface area contributed by atoms with E-state index < -0.39 is 38.1 Å². The van der Waals surface area contributed by atoms with Gasteiger partial charge in [0.15, 0.2) is 9.84 Å². The van der Waals surface area contributed by atoms with E-state index in [9.17, 15) is 30.4 Å². The molecule has 0 aliphatic heterocycles. The van der Waals surface area contributed by atoms with Crippen LogP contribution in [0.15, 0.2) is 47.4 Å². The number of benzene rings is 2. The van der Waals surface area contributed by atoms with Crippen LogP contribution < -0.4 is 0 Å². The van der Waals surface area contributed by atoms with Crippen LogP contribution in [0.4, 0.5) is 22.0 Å². The van der Waals surface area contributed by atoms with Crippen molar-refractivity contribution in [3.63, 3.8) is 0 Å². The number of rotatable bonds is 3. The Morgan fingerprint density at radius 2 is 1.68 bits per heavy atom. The lowest BCUT2D eigenvalue weighted by molar-refractivity contribution is -0.138. The summed E-state index contributed by atoms with van der Waals surface area (Å²) in [5, 5.41) is 0. The van der Waals surface area contributed by atoms with Crippen LogP contribution in [0.1, 0.15) is 28.7 Å². The molecule has 0 spiro atoms. The van der Waals surface area contributed by atoms with Gasteiger partial charge in [-0.15, -0.1) is 0 Å². The van der Waals surface area contributed by atoms with E-state index in [0.717, 1.165) is 18.4 Å². The number of halogens is 5. The molecule has 0 N–H and O–H groups in total. The SMILES string of the molecule is Cc1cc(C2=C(c3cc(F)c(S(C)(=O)=O)cc3F)CC=C2)ccc1C(F)(F)F. The monoisotopic (exact) mass is 414 g/mol. The smallest absolute Gasteiger partial charge is 0.224 e. The highest BCUT2D eigenvalue weighted by molar-refractivity contribution is 7.90. The van der Waals surface area contributed by atoms with E-state index >= 15 is 0 Å². The molecule has 148 valence electrons. The molecule has 0 atom stereocenters. The van der Waals surface area contributed by atoms with Gasteiger partial charge in [0, 0.05) is 11.8 Å². The molecule has 2 nitrogen and oxygen atoms in total. The largest absolute Gasteiger partial charge is 0.416 e. The zero-order valence-electron chi connectivity index (χ0n) is 14.9. The highest BCUT2D eigenvalue weighted by atomic mass is 32.2. The maximum absolute atomic E-state index is 14.6. The second kappa shape index (κ2) is 6.84. The predicted octanol–water partition coefficient (Wildman–Crippen LogP) is 5.57. The fourth-order valence-corrected chi connectivity index (χ4v) is 3.95. The molecule has 2 aromatic rings. The lowest BCUT2D eigenvalue weighted by Crippen LogP contribution is -2.07. The van der Waals surface area contributed by atoms with Crippen molar-refractivity contribution in [1.29, 1.82) is 0 Å². The number of sulfone groups is 1. The molecule has 0 aromatic heterocycles. The van der Waals surface area contributed by atoms with Crippen molar-refractivity contribution in [3.05, 3.63) is 76.4 Å². The molecule has 1 aliphatic carbocycles. The minimum absolute atomic E-state index is 0.0104. The highest BCUT2D eigenvalue weighted by Crippen LogP contribution is 2.39. The van der Waals surface area contributed by atoms with Gasteiger partial charge in [-0.3, -0.25) is 0 Å². The number of allylic oxidation sites excluding steroid dienone is 4. The average Bonchev–Trinajstić information content (AvgIpc) is 3.03. The van der Waals surface area contributed by atoms with Crippen molar-refractivity contribution in [3.8, 4) is 0 Å². The van der Waals surface area contributed by atoms with Gasteiger partial charge in [0.2, 0.25) is 0 Å². The quantitative estimate of drug-likeness (QED) is 0.616. The fourth-order valence-electron chi connectivity index (χ4n) is 3.22. The second-order valence-corrected chi connectivity index (χ2v) is 8.54. The Bertz CT molecular complexity index is 1130. The summed E-state index contributed by atoms with van der Waals surface area (Å²) in [6, 6.07) is 5.00. The maximum atomic E-state index is 14.6. The van der Waals surface area contributed by atoms with Crippen molar-refractivity contribution in [2.24, 2.45) is 0 Å². The topological polar surface area (TPSA) is 34.1 Å². The van der Waals surface area contributed by atoms with Gasteiger partial charge in [-0.05, 0) is 53.8 Å². The van der Waals surface area contributed by atoms with Gasteiger partial charge >= 0.3 is 6.18 Å². The third-order valence-electron chi connectivity index (χ3n) is 4.52. The van der Waals surface area contributed by atoms with Crippen LogP contribution in [0.2, 0.25) is 0 Å². The molecule has 0 saturated heterocycles. The Morgan fingerprint density at radius 3 is 2.25 bits per heavy atom. The second-order valence-electron chi connectivity index (χ2n) is 6.56. The Morgan fingerprint density at radius 1 is 1.00 bits per heavy atom. The molecule has 0 saturated carbocycles. The standard InChI is InChI=1S/C20H15F5O2S/c1-11-8-12(6-7-16(11)20(23,24)25)13-4-3-5-14(13)15-9-18(22)19(10-17(15)21)28(2,26)27/h3-4,6-10H,5H2,1-2H3. The lowest BCUT2D eigenvalue weighted by atomic mass is 9.94. The zero-order chi connectivity index (χ0) is 20.9. The Hall–Kier alpha value is -2.48. The van der Waals surface area contributed by atoms with Crippen molar-refractivity contribution in [2.45, 2.75) is 24.4 Å². The van der Waals surface area contributed by atoms with Crippen LogP contribution in [0.3, 0.4) is 0 Å². The summed E-state index contributed by atoms with van der Waals surface area (Å²) in [4.78, 5) is -0.743. The van der Waals surface area contributed by atoms with E-state index in [1.165, 1.54) is 19.1 Å². The molecular formula is C20H15F5O2S. The van der Waals surface area contributed by atoms with Crippen LogP contribution in [-0.4, -0.2) is 14.7 Å². The van der Waals surface area contributed by atoms with Gasteiger partial charge < -0.3 is 0 Å². The van der Waals surface area contributed by atoms with E-state index in [0.29, 0.717) is 22.8 Å². The lowest BCUT2D eigenvalue weighted by Gasteiger charge is -2.14. The van der Waals surface area contributed by atoms with Gasteiger partial charge in [-0.1, -0.05) is 24.3 Å². The van der Waals surface area contributed by atoms with Gasteiger partial charge in [0.05, 0.1) is 5.56 Å². The summed E-state index contributed by atoms with van der Waals surface area (Å²) in [5.41, 5.74) is 0.382. The minimum atomic E-state index is -4.48. The molecule has 3 rings (SSSR count). The molecule has 0 amide bonds. The number of aryl methyl sites for hydroxylation is 1. The first-order chi connectivity index (χ1) is 12.9. The summed E-state index contributed by atoms with van der Waals surface area (Å²) < 4.78 is 90.8. The molecule has 0 unspecified atom stereocenters. The van der Waals surface area contributed by atoms with Crippen LogP contribution in [0.25, 0.3) is 11.1 Å². The summed E-state index contributed by atoms with van der Waals surface area (Å²) in [7, 11) is -3.94. The first kappa shape index (κ1) is 20.3. The summed E-state index contributed by atoms with van der Waals surface area (Å²) >= 11 is 0. The van der Waals surface area contributed by atoms with E-state index in [1.807, 2.05) is 0 Å². The van der Waals surface area contributed by atoms with Crippen molar-refractivity contribution in [1.82, 2.24) is 0 Å². The van der Waals surface area contributed by atoms with Crippen molar-refractivity contribution < 1.29 is 30.4 Å². The number of hydrogen-bond donors (Lipinski definition) is 0. The molecule has 28 heavy (non-hydrogen) atoms. The van der Waals surface area contributed by atoms with Gasteiger partial charge in [-0.2, -0.15) is 13.2 Å². The summed E-state index contributed by atoms with van der Waals surface area (Å²) in [6.45, 7) is 1.33. The first-order valence-electron chi connectivity index (χ1n) is 8.17. The Balaban J connectivity index is 2.14. The van der Waals surface area contributed by atoms with Crippen LogP contribution in [0.5, 0.6) is 0 Å². The number of hydrogen-bond acceptors (Lipinski definition) is 2. The van der Waals surface area contributed by atoms with E-state index in [4.69, 9.17) is 0 Å². The summed E-state index contributed by atoms with van der Waals surface area (Å²) in [5.74, 6) is -2.00. The Kier molecular flexibility index (Phi) is 4.95. The van der Waals surface area contributed by atoms with Crippen LogP contribution in [0, 0.1) is 18.6 Å². The molecule has 0 heterocycles. The van der Waals surface area contributed by atoms with Crippen molar-refractivity contribution in [2.75, 3.05) is 6.26 Å². The van der Waals surface area contributed by atoms with Crippen LogP contribution >= 0.6 is 0 Å². The highest BCUT2D eigenvalue weighted by Gasteiger charge is 2.32. The fraction of sp³-hybridized carbons (Fsp3) is 0.200. The minimum Gasteiger partial charge on any atom is -0.224 e. The van der Waals surface area contributed by atoms with Crippen LogP contribution in [-0.2, 0) is 16.0 Å². The summed E-state index contributed by atoms with van der Waals surface area (Å²) in [6.07, 6.45) is -0.165. The normalized spacial score (nSPS) is 14.8. The molecule has 0 radical (unpaired) electrons. The van der Waals surface area contributed by atoms with E-state index in [-0.39, 0.29) is 17.5 Å². The van der Waals surface area contributed by atoms with E-state index in [2.05, 4.69) is 0 Å². The van der Waals surface area contributed by atoms with Gasteiger partial charge in [0.25, 0.3) is 0 Å².